The number of amides is 1. The summed E-state index contributed by atoms with van der Waals surface area (Å²) < 4.78 is 4.77. The lowest BCUT2D eigenvalue weighted by atomic mass is 10.3. The first-order valence-corrected chi connectivity index (χ1v) is 4.05. The molecule has 1 amide bonds. The van der Waals surface area contributed by atoms with E-state index in [1.165, 1.54) is 24.5 Å². The fraction of sp³-hybridized carbons (Fsp3) is 0.222. The minimum Gasteiger partial charge on any atom is -0.462 e. The van der Waals surface area contributed by atoms with Crippen LogP contribution in [0.3, 0.4) is 0 Å². The van der Waals surface area contributed by atoms with Crippen LogP contribution in [0.1, 0.15) is 16.8 Å². The summed E-state index contributed by atoms with van der Waals surface area (Å²) >= 11 is 0. The number of pyridine rings is 1. The Labute approximate surface area is 80.9 Å². The van der Waals surface area contributed by atoms with Gasteiger partial charge >= 0.3 is 5.97 Å². The highest BCUT2D eigenvalue weighted by atomic mass is 16.5. The number of nitrogens with two attached hydrogens (primary N) is 1. The number of primary amides is 1. The molecule has 0 radical (unpaired) electrons. The summed E-state index contributed by atoms with van der Waals surface area (Å²) in [7, 11) is 0. The Morgan fingerprint density at radius 3 is 2.57 bits per heavy atom. The molecule has 0 fully saturated rings. The molecule has 0 aliphatic rings. The summed E-state index contributed by atoms with van der Waals surface area (Å²) in [6.07, 6.45) is 3.02. The molecule has 0 atom stereocenters. The molecule has 1 aromatic heterocycles. The summed E-state index contributed by atoms with van der Waals surface area (Å²) in [4.78, 5) is 25.3. The van der Waals surface area contributed by atoms with Crippen molar-refractivity contribution in [1.82, 2.24) is 4.98 Å². The van der Waals surface area contributed by atoms with Crippen molar-refractivity contribution in [3.63, 3.8) is 0 Å². The third kappa shape index (κ3) is 3.22. The summed E-state index contributed by atoms with van der Waals surface area (Å²) in [6, 6.07) is 3.07. The van der Waals surface area contributed by atoms with Gasteiger partial charge in [-0.1, -0.05) is 0 Å². The molecule has 14 heavy (non-hydrogen) atoms. The van der Waals surface area contributed by atoms with Crippen molar-refractivity contribution in [2.75, 3.05) is 6.61 Å². The largest absolute Gasteiger partial charge is 0.462 e. The summed E-state index contributed by atoms with van der Waals surface area (Å²) in [5.41, 5.74) is 5.28. The number of hydrogen-bond donors (Lipinski definition) is 1. The molecule has 1 aromatic rings. The van der Waals surface area contributed by atoms with Crippen molar-refractivity contribution in [1.29, 1.82) is 0 Å². The number of carbonyl (C=O) groups excluding carboxylic acids is 2. The molecule has 5 heteroatoms. The Kier molecular flexibility index (Phi) is 3.60. The molecule has 0 spiro atoms. The van der Waals surface area contributed by atoms with Gasteiger partial charge in [0.25, 0.3) is 0 Å². The minimum absolute atomic E-state index is 0.0104. The van der Waals surface area contributed by atoms with Gasteiger partial charge in [0.2, 0.25) is 5.91 Å². The fourth-order valence-electron chi connectivity index (χ4n) is 0.816. The molecule has 0 aliphatic heterocycles. The highest BCUT2D eigenvalue weighted by Crippen LogP contribution is 1.99. The predicted molar refractivity (Wildman–Crippen MR) is 48.3 cm³/mol. The van der Waals surface area contributed by atoms with Gasteiger partial charge in [0.15, 0.2) is 0 Å². The molecule has 5 nitrogen and oxygen atoms in total. The van der Waals surface area contributed by atoms with Crippen LogP contribution in [-0.2, 0) is 9.53 Å². The molecule has 0 aliphatic carbocycles. The number of carbonyl (C=O) groups is 2. The zero-order chi connectivity index (χ0) is 10.4. The second kappa shape index (κ2) is 4.96. The van der Waals surface area contributed by atoms with Crippen LogP contribution in [0.5, 0.6) is 0 Å². The topological polar surface area (TPSA) is 82.3 Å². The molecule has 74 valence electrons. The molecule has 0 saturated carbocycles. The van der Waals surface area contributed by atoms with Crippen LogP contribution in [0.2, 0.25) is 0 Å². The van der Waals surface area contributed by atoms with Gasteiger partial charge in [0.1, 0.15) is 6.61 Å². The van der Waals surface area contributed by atoms with Gasteiger partial charge in [-0.25, -0.2) is 4.79 Å². The smallest absolute Gasteiger partial charge is 0.338 e. The number of nitrogens with zero attached hydrogens (tertiary/aromatic N) is 1. The number of rotatable bonds is 4. The first kappa shape index (κ1) is 10.2. The highest BCUT2D eigenvalue weighted by Gasteiger charge is 2.06. The molecule has 1 heterocycles. The van der Waals surface area contributed by atoms with Gasteiger partial charge in [-0.3, -0.25) is 9.78 Å². The Morgan fingerprint density at radius 1 is 1.36 bits per heavy atom. The molecule has 2 N–H and O–H groups in total. The number of hydrogen-bond acceptors (Lipinski definition) is 4. The Bertz CT molecular complexity index is 324. The first-order valence-electron chi connectivity index (χ1n) is 4.05. The fourth-order valence-corrected chi connectivity index (χ4v) is 0.816. The van der Waals surface area contributed by atoms with Crippen molar-refractivity contribution in [2.45, 2.75) is 6.42 Å². The summed E-state index contributed by atoms with van der Waals surface area (Å²) in [6.45, 7) is 0.0104. The maximum absolute atomic E-state index is 11.2. The van der Waals surface area contributed by atoms with E-state index in [2.05, 4.69) is 4.98 Å². The van der Waals surface area contributed by atoms with Crippen LogP contribution in [0.15, 0.2) is 24.5 Å². The number of aromatic nitrogens is 1. The second-order valence-electron chi connectivity index (χ2n) is 2.59. The number of esters is 1. The van der Waals surface area contributed by atoms with E-state index >= 15 is 0 Å². The summed E-state index contributed by atoms with van der Waals surface area (Å²) in [5, 5.41) is 0. The standard InChI is InChI=1S/C9H10N2O3/c10-8(12)3-6-14-9(13)7-1-4-11-5-2-7/h1-2,4-5H,3,6H2,(H2,10,12). The van der Waals surface area contributed by atoms with Crippen molar-refractivity contribution >= 4 is 11.9 Å². The van der Waals surface area contributed by atoms with Gasteiger partial charge in [0, 0.05) is 12.4 Å². The van der Waals surface area contributed by atoms with E-state index in [4.69, 9.17) is 10.5 Å². The SMILES string of the molecule is NC(=O)CCOC(=O)c1ccncc1. The van der Waals surface area contributed by atoms with Gasteiger partial charge in [-0.2, -0.15) is 0 Å². The average molecular weight is 194 g/mol. The van der Waals surface area contributed by atoms with E-state index in [-0.39, 0.29) is 13.0 Å². The van der Waals surface area contributed by atoms with Crippen molar-refractivity contribution in [3.05, 3.63) is 30.1 Å². The maximum Gasteiger partial charge on any atom is 0.338 e. The van der Waals surface area contributed by atoms with Crippen molar-refractivity contribution in [2.24, 2.45) is 5.73 Å². The van der Waals surface area contributed by atoms with E-state index in [1.54, 1.807) is 0 Å². The molecule has 0 aromatic carbocycles. The normalized spacial score (nSPS) is 9.43. The van der Waals surface area contributed by atoms with E-state index in [9.17, 15) is 9.59 Å². The zero-order valence-corrected chi connectivity index (χ0v) is 7.47. The summed E-state index contributed by atoms with van der Waals surface area (Å²) in [5.74, 6) is -0.971. The Hall–Kier alpha value is -1.91. The van der Waals surface area contributed by atoms with Gasteiger partial charge in [-0.15, -0.1) is 0 Å². The van der Waals surface area contributed by atoms with Crippen LogP contribution in [-0.4, -0.2) is 23.5 Å². The van der Waals surface area contributed by atoms with Gasteiger partial charge < -0.3 is 10.5 Å². The molecule has 0 unspecified atom stereocenters. The van der Waals surface area contributed by atoms with E-state index in [0.29, 0.717) is 5.56 Å². The maximum atomic E-state index is 11.2. The van der Waals surface area contributed by atoms with Gasteiger partial charge in [-0.05, 0) is 12.1 Å². The van der Waals surface area contributed by atoms with Crippen LogP contribution in [0.25, 0.3) is 0 Å². The average Bonchev–Trinajstić information content (AvgIpc) is 2.18. The molecule has 0 bridgehead atoms. The van der Waals surface area contributed by atoms with Gasteiger partial charge in [0.05, 0.1) is 12.0 Å². The third-order valence-electron chi connectivity index (χ3n) is 1.50. The monoisotopic (exact) mass is 194 g/mol. The van der Waals surface area contributed by atoms with Crippen LogP contribution in [0, 0.1) is 0 Å². The lowest BCUT2D eigenvalue weighted by Crippen LogP contribution is -2.15. The van der Waals surface area contributed by atoms with Crippen molar-refractivity contribution in [3.8, 4) is 0 Å². The highest BCUT2D eigenvalue weighted by molar-refractivity contribution is 5.89. The van der Waals surface area contributed by atoms with Crippen molar-refractivity contribution < 1.29 is 14.3 Å². The molecule has 0 saturated heterocycles. The van der Waals surface area contributed by atoms with Crippen LogP contribution >= 0.6 is 0 Å². The first-order chi connectivity index (χ1) is 6.70. The van der Waals surface area contributed by atoms with E-state index in [0.717, 1.165) is 0 Å². The Morgan fingerprint density at radius 2 is 2.00 bits per heavy atom. The zero-order valence-electron chi connectivity index (χ0n) is 7.47. The van der Waals surface area contributed by atoms with E-state index < -0.39 is 11.9 Å². The second-order valence-corrected chi connectivity index (χ2v) is 2.59. The van der Waals surface area contributed by atoms with Crippen LogP contribution in [0.4, 0.5) is 0 Å². The quantitative estimate of drug-likeness (QED) is 0.690. The minimum atomic E-state index is -0.493. The number of ether oxygens (including phenoxy) is 1. The van der Waals surface area contributed by atoms with E-state index in [1.807, 2.05) is 0 Å². The predicted octanol–water partition coefficient (Wildman–Crippen LogP) is 0.114. The Balaban J connectivity index is 2.40. The molecular formula is C9H10N2O3. The lowest BCUT2D eigenvalue weighted by Gasteiger charge is -2.01. The third-order valence-corrected chi connectivity index (χ3v) is 1.50. The van der Waals surface area contributed by atoms with Crippen LogP contribution < -0.4 is 5.73 Å². The lowest BCUT2D eigenvalue weighted by molar-refractivity contribution is -0.118. The molecule has 1 rings (SSSR count). The molecular weight excluding hydrogens is 184 g/mol.